The molecule has 2 amide bonds. The minimum Gasteiger partial charge on any atom is -0.480 e. The molecule has 1 saturated heterocycles. The molecule has 3 aromatic rings. The predicted octanol–water partition coefficient (Wildman–Crippen LogP) is 7.22. The molecule has 10 nitrogen and oxygen atoms in total. The lowest BCUT2D eigenvalue weighted by molar-refractivity contribution is -0.165. The maximum absolute atomic E-state index is 16.7. The summed E-state index contributed by atoms with van der Waals surface area (Å²) in [5.41, 5.74) is -1.63. The first-order valence-corrected chi connectivity index (χ1v) is 16.6. The van der Waals surface area contributed by atoms with Crippen molar-refractivity contribution in [2.75, 3.05) is 40.5 Å². The van der Waals surface area contributed by atoms with Crippen LogP contribution in [0.15, 0.2) is 42.6 Å². The number of amides is 2. The van der Waals surface area contributed by atoms with Crippen LogP contribution in [0.1, 0.15) is 74.4 Å². The molecule has 13 heteroatoms. The molecule has 49 heavy (non-hydrogen) atoms. The van der Waals surface area contributed by atoms with E-state index in [9.17, 15) is 9.59 Å². The number of hydrogen-bond acceptors (Lipinski definition) is 8. The highest BCUT2D eigenvalue weighted by Crippen LogP contribution is 2.56. The molecule has 5 rings (SSSR count). The third kappa shape index (κ3) is 7.61. The molecule has 264 valence electrons. The molecular weight excluding hydrogens is 660 g/mol. The van der Waals surface area contributed by atoms with Gasteiger partial charge in [0.15, 0.2) is 17.7 Å². The number of nitrogens with zero attached hydrogens (tertiary/aromatic N) is 2. The zero-order valence-electron chi connectivity index (χ0n) is 28.5. The van der Waals surface area contributed by atoms with Crippen LogP contribution in [0, 0.1) is 11.6 Å². The molecule has 1 fully saturated rings. The Kier molecular flexibility index (Phi) is 11.0. The summed E-state index contributed by atoms with van der Waals surface area (Å²) in [4.78, 5) is 31.8. The Hall–Kier alpha value is -4.00. The number of aromatic nitrogens is 1. The molecular formula is C36H42ClF2N3O7. The maximum atomic E-state index is 16.7. The van der Waals surface area contributed by atoms with E-state index in [1.807, 2.05) is 37.3 Å². The lowest BCUT2D eigenvalue weighted by Gasteiger charge is -2.37. The minimum absolute atomic E-state index is 0.0271. The third-order valence-electron chi connectivity index (χ3n) is 8.56. The van der Waals surface area contributed by atoms with Crippen LogP contribution < -0.4 is 14.8 Å². The third-order valence-corrected chi connectivity index (χ3v) is 8.93. The van der Waals surface area contributed by atoms with Gasteiger partial charge >= 0.3 is 6.09 Å². The fourth-order valence-corrected chi connectivity index (χ4v) is 6.47. The van der Waals surface area contributed by atoms with Crippen LogP contribution in [0.3, 0.4) is 0 Å². The topological polar surface area (TPSA) is 108 Å². The van der Waals surface area contributed by atoms with E-state index in [1.165, 1.54) is 11.9 Å². The number of rotatable bonds is 10. The van der Waals surface area contributed by atoms with Crippen molar-refractivity contribution in [2.45, 2.75) is 70.4 Å². The highest BCUT2D eigenvalue weighted by molar-refractivity contribution is 6.34. The number of nitrogens with one attached hydrogen (secondary N) is 1. The Balaban J connectivity index is 1.59. The highest BCUT2D eigenvalue weighted by atomic mass is 35.5. The van der Waals surface area contributed by atoms with Gasteiger partial charge in [0.25, 0.3) is 11.8 Å². The quantitative estimate of drug-likeness (QED) is 0.221. The SMILES string of the molecule is CNC(=O)c1cnc(OCCO[C@H]2CCCCO2)c(F)c1-c1c(Cl)c(F)cc2c1[C@H](C)[C@@](CN(C)C(=O)OC(C)(C)C)(c1ccccc1)O2. The second kappa shape index (κ2) is 14.9. The first-order chi connectivity index (χ1) is 23.3. The van der Waals surface area contributed by atoms with Crippen LogP contribution >= 0.6 is 11.6 Å². The van der Waals surface area contributed by atoms with E-state index in [-0.39, 0.29) is 48.5 Å². The van der Waals surface area contributed by atoms with Gasteiger partial charge in [0.05, 0.1) is 23.7 Å². The number of pyridine rings is 1. The first kappa shape index (κ1) is 36.3. The van der Waals surface area contributed by atoms with E-state index in [2.05, 4.69) is 10.3 Å². The Morgan fingerprint density at radius 1 is 1.14 bits per heavy atom. The summed E-state index contributed by atoms with van der Waals surface area (Å²) in [6.07, 6.45) is 2.90. The van der Waals surface area contributed by atoms with Gasteiger partial charge < -0.3 is 33.9 Å². The predicted molar refractivity (Wildman–Crippen MR) is 179 cm³/mol. The number of benzene rings is 2. The standard InChI is InChI=1S/C36H42ClF2N3O7/c1-21-27-25(48-36(21,22-12-8-7-9-13-22)20-42(6)34(44)49-35(2,3)4)18-24(38)30(37)29(27)28-23(32(43)40-5)19-41-33(31(28)39)47-17-16-46-26-14-10-11-15-45-26/h7-9,12-13,18-19,21,26H,10-11,14-17,20H2,1-6H3,(H,40,43)/t21-,26-,36-/m0/s1. The van der Waals surface area contributed by atoms with Gasteiger partial charge in [-0.1, -0.05) is 48.9 Å². The summed E-state index contributed by atoms with van der Waals surface area (Å²) < 4.78 is 61.6. The number of carbonyl (C=O) groups is 2. The summed E-state index contributed by atoms with van der Waals surface area (Å²) in [6, 6.07) is 10.3. The Labute approximate surface area is 290 Å². The van der Waals surface area contributed by atoms with Crippen LogP contribution in [0.5, 0.6) is 11.6 Å². The van der Waals surface area contributed by atoms with E-state index in [0.717, 1.165) is 31.5 Å². The lowest BCUT2D eigenvalue weighted by Crippen LogP contribution is -2.47. The lowest BCUT2D eigenvalue weighted by atomic mass is 9.77. The Morgan fingerprint density at radius 3 is 2.53 bits per heavy atom. The van der Waals surface area contributed by atoms with Crippen LogP contribution in [-0.2, 0) is 19.8 Å². The van der Waals surface area contributed by atoms with Crippen molar-refractivity contribution in [2.24, 2.45) is 0 Å². The number of carbonyl (C=O) groups excluding carboxylic acids is 2. The van der Waals surface area contributed by atoms with Crippen molar-refractivity contribution in [3.05, 3.63) is 75.9 Å². The molecule has 0 spiro atoms. The largest absolute Gasteiger partial charge is 0.480 e. The molecule has 0 bridgehead atoms. The zero-order valence-corrected chi connectivity index (χ0v) is 29.3. The first-order valence-electron chi connectivity index (χ1n) is 16.2. The number of halogens is 3. The van der Waals surface area contributed by atoms with Gasteiger partial charge in [-0.25, -0.2) is 18.6 Å². The van der Waals surface area contributed by atoms with E-state index < -0.39 is 51.7 Å². The molecule has 0 unspecified atom stereocenters. The molecule has 0 aliphatic carbocycles. The van der Waals surface area contributed by atoms with Gasteiger partial charge in [0, 0.05) is 55.6 Å². The van der Waals surface area contributed by atoms with Gasteiger partial charge in [-0.05, 0) is 45.6 Å². The van der Waals surface area contributed by atoms with Crippen LogP contribution in [0.4, 0.5) is 13.6 Å². The summed E-state index contributed by atoms with van der Waals surface area (Å²) in [5, 5.41) is 2.07. The molecule has 2 aliphatic rings. The fraction of sp³-hybridized carbons (Fsp3) is 0.472. The van der Waals surface area contributed by atoms with E-state index in [0.29, 0.717) is 17.7 Å². The maximum Gasteiger partial charge on any atom is 0.410 e. The normalized spacial score (nSPS) is 20.3. The average Bonchev–Trinajstić information content (AvgIpc) is 3.35. The van der Waals surface area contributed by atoms with Crippen molar-refractivity contribution in [3.8, 4) is 22.8 Å². The smallest absolute Gasteiger partial charge is 0.410 e. The number of hydrogen-bond donors (Lipinski definition) is 1. The van der Waals surface area contributed by atoms with E-state index in [1.54, 1.807) is 27.8 Å². The monoisotopic (exact) mass is 701 g/mol. The van der Waals surface area contributed by atoms with E-state index >= 15 is 8.78 Å². The molecule has 0 saturated carbocycles. The summed E-state index contributed by atoms with van der Waals surface area (Å²) >= 11 is 6.69. The molecule has 2 aromatic carbocycles. The van der Waals surface area contributed by atoms with Crippen molar-refractivity contribution < 1.29 is 42.1 Å². The van der Waals surface area contributed by atoms with Gasteiger partial charge in [0.2, 0.25) is 0 Å². The average molecular weight is 702 g/mol. The zero-order chi connectivity index (χ0) is 35.5. The fourth-order valence-electron chi connectivity index (χ4n) is 6.22. The number of fused-ring (bicyclic) bond motifs is 1. The molecule has 1 aromatic heterocycles. The second-order valence-electron chi connectivity index (χ2n) is 13.1. The Morgan fingerprint density at radius 2 is 1.88 bits per heavy atom. The summed E-state index contributed by atoms with van der Waals surface area (Å²) in [6.45, 7) is 7.72. The number of likely N-dealkylation sites (N-methyl/N-ethyl adjacent to an activating group) is 1. The molecule has 0 radical (unpaired) electrons. The molecule has 2 aliphatic heterocycles. The summed E-state index contributed by atoms with van der Waals surface area (Å²) in [5.74, 6) is -3.59. The van der Waals surface area contributed by atoms with Gasteiger partial charge in [-0.2, -0.15) is 0 Å². The van der Waals surface area contributed by atoms with Crippen molar-refractivity contribution in [1.29, 1.82) is 0 Å². The minimum atomic E-state index is -1.30. The Bertz CT molecular complexity index is 1680. The van der Waals surface area contributed by atoms with Crippen molar-refractivity contribution >= 4 is 23.6 Å². The summed E-state index contributed by atoms with van der Waals surface area (Å²) in [7, 11) is 2.96. The second-order valence-corrected chi connectivity index (χ2v) is 13.5. The molecule has 3 atom stereocenters. The van der Waals surface area contributed by atoms with Crippen LogP contribution in [0.2, 0.25) is 5.02 Å². The van der Waals surface area contributed by atoms with Crippen LogP contribution in [-0.4, -0.2) is 74.2 Å². The molecule has 3 heterocycles. The number of ether oxygens (including phenoxy) is 5. The van der Waals surface area contributed by atoms with Crippen molar-refractivity contribution in [3.63, 3.8) is 0 Å². The van der Waals surface area contributed by atoms with Gasteiger partial charge in [0.1, 0.15) is 23.8 Å². The van der Waals surface area contributed by atoms with Gasteiger partial charge in [-0.3, -0.25) is 4.79 Å². The van der Waals surface area contributed by atoms with Crippen LogP contribution in [0.25, 0.3) is 11.1 Å². The van der Waals surface area contributed by atoms with Gasteiger partial charge in [-0.15, -0.1) is 0 Å². The van der Waals surface area contributed by atoms with Crippen molar-refractivity contribution in [1.82, 2.24) is 15.2 Å². The highest BCUT2D eigenvalue weighted by Gasteiger charge is 2.51. The molecule has 1 N–H and O–H groups in total. The van der Waals surface area contributed by atoms with E-state index in [4.69, 9.17) is 35.3 Å².